The zero-order valence-electron chi connectivity index (χ0n) is 19.2. The van der Waals surface area contributed by atoms with Gasteiger partial charge in [0.1, 0.15) is 5.82 Å². The van der Waals surface area contributed by atoms with E-state index in [0.717, 1.165) is 69.0 Å². The lowest BCUT2D eigenvalue weighted by atomic mass is 10.0. The minimum absolute atomic E-state index is 0.262. The van der Waals surface area contributed by atoms with Crippen molar-refractivity contribution in [3.63, 3.8) is 0 Å². The van der Waals surface area contributed by atoms with Crippen LogP contribution in [-0.4, -0.2) is 60.4 Å². The van der Waals surface area contributed by atoms with Crippen LogP contribution in [0.5, 0.6) is 0 Å². The average molecular weight is 467 g/mol. The van der Waals surface area contributed by atoms with Crippen molar-refractivity contribution in [2.75, 3.05) is 43.9 Å². The molecule has 1 saturated heterocycles. The molecule has 1 aromatic rings. The number of pyridine rings is 1. The molecule has 0 saturated carbocycles. The number of fused-ring (bicyclic) bond motifs is 1. The van der Waals surface area contributed by atoms with E-state index in [1.165, 1.54) is 0 Å². The maximum atomic E-state index is 12.6. The third kappa shape index (κ3) is 4.45. The number of rotatable bonds is 3. The average Bonchev–Trinajstić information content (AvgIpc) is 3.17. The number of allylic oxidation sites excluding steroid dienone is 5. The molecule has 0 radical (unpaired) electrons. The van der Waals surface area contributed by atoms with E-state index in [4.69, 9.17) is 16.6 Å². The van der Waals surface area contributed by atoms with E-state index >= 15 is 0 Å². The summed E-state index contributed by atoms with van der Waals surface area (Å²) < 4.78 is 1.05. The lowest BCUT2D eigenvalue weighted by molar-refractivity contribution is -0.493. The summed E-state index contributed by atoms with van der Waals surface area (Å²) in [6.07, 6.45) is 8.12. The van der Waals surface area contributed by atoms with Gasteiger partial charge in [-0.15, -0.1) is 0 Å². The first-order valence-electron chi connectivity index (χ1n) is 11.3. The van der Waals surface area contributed by atoms with Crippen molar-refractivity contribution in [2.24, 2.45) is 4.99 Å². The second-order valence-corrected chi connectivity index (χ2v) is 9.57. The Balaban J connectivity index is 1.34. The van der Waals surface area contributed by atoms with Gasteiger partial charge in [0.15, 0.2) is 0 Å². The highest BCUT2D eigenvalue weighted by atomic mass is 35.5. The van der Waals surface area contributed by atoms with E-state index in [9.17, 15) is 4.91 Å². The molecule has 3 aliphatic heterocycles. The number of guanidine groups is 1. The second-order valence-electron chi connectivity index (χ2n) is 9.09. The van der Waals surface area contributed by atoms with E-state index in [-0.39, 0.29) is 6.54 Å². The first-order valence-corrected chi connectivity index (χ1v) is 11.7. The van der Waals surface area contributed by atoms with E-state index in [2.05, 4.69) is 39.5 Å². The van der Waals surface area contributed by atoms with Crippen molar-refractivity contribution in [3.05, 3.63) is 68.7 Å². The van der Waals surface area contributed by atoms with Crippen LogP contribution in [0.3, 0.4) is 0 Å². The molecule has 0 spiro atoms. The Morgan fingerprint density at radius 1 is 1.30 bits per heavy atom. The molecule has 1 fully saturated rings. The van der Waals surface area contributed by atoms with Crippen LogP contribution in [0.15, 0.2) is 63.0 Å². The second kappa shape index (κ2) is 8.76. The summed E-state index contributed by atoms with van der Waals surface area (Å²) in [6, 6.07) is 4.57. The molecule has 0 bridgehead atoms. The lowest BCUT2D eigenvalue weighted by Gasteiger charge is -2.26. The third-order valence-electron chi connectivity index (χ3n) is 6.71. The Kier molecular flexibility index (Phi) is 5.80. The van der Waals surface area contributed by atoms with Crippen molar-refractivity contribution in [3.8, 4) is 0 Å². The number of nitrogens with one attached hydrogen (secondary N) is 2. The van der Waals surface area contributed by atoms with E-state index in [1.54, 1.807) is 6.20 Å². The summed E-state index contributed by atoms with van der Waals surface area (Å²) in [5.41, 5.74) is 5.12. The summed E-state index contributed by atoms with van der Waals surface area (Å²) in [5, 5.41) is 7.46. The van der Waals surface area contributed by atoms with E-state index in [0.29, 0.717) is 24.8 Å². The van der Waals surface area contributed by atoms with Crippen LogP contribution in [0.1, 0.15) is 25.0 Å². The number of likely N-dealkylation sites (tertiary alicyclic amines) is 1. The Labute approximate surface area is 199 Å². The minimum atomic E-state index is 0.262. The molecule has 1 unspecified atom stereocenters. The van der Waals surface area contributed by atoms with Crippen molar-refractivity contribution in [2.45, 2.75) is 32.2 Å². The highest BCUT2D eigenvalue weighted by Crippen LogP contribution is 2.32. The minimum Gasteiger partial charge on any atom is -0.355 e. The molecule has 1 aromatic heterocycles. The number of aliphatic imine (C=N–C) groups is 1. The third-order valence-corrected chi connectivity index (χ3v) is 7.01. The van der Waals surface area contributed by atoms with Crippen LogP contribution >= 0.6 is 11.6 Å². The van der Waals surface area contributed by atoms with Crippen LogP contribution < -0.4 is 15.5 Å². The van der Waals surface area contributed by atoms with Crippen LogP contribution in [0.2, 0.25) is 0 Å². The number of hydrogen-bond donors (Lipinski definition) is 2. The number of nitrogens with zero attached hydrogens (tertiary/aromatic N) is 5. The van der Waals surface area contributed by atoms with Gasteiger partial charge in [-0.2, -0.15) is 0 Å². The fraction of sp³-hybridized carbons (Fsp3) is 0.417. The summed E-state index contributed by atoms with van der Waals surface area (Å²) in [5.74, 6) is 1.57. The zero-order valence-corrected chi connectivity index (χ0v) is 20.0. The van der Waals surface area contributed by atoms with Gasteiger partial charge < -0.3 is 20.4 Å². The quantitative estimate of drug-likeness (QED) is 0.662. The van der Waals surface area contributed by atoms with Crippen LogP contribution in [0.25, 0.3) is 0 Å². The Hall–Kier alpha value is -2.97. The molecule has 8 nitrogen and oxygen atoms in total. The summed E-state index contributed by atoms with van der Waals surface area (Å²) in [4.78, 5) is 26.6. The fourth-order valence-electron chi connectivity index (χ4n) is 4.69. The summed E-state index contributed by atoms with van der Waals surface area (Å²) >= 11 is 6.24. The van der Waals surface area contributed by atoms with Crippen molar-refractivity contribution in [1.29, 1.82) is 0 Å². The van der Waals surface area contributed by atoms with Gasteiger partial charge in [0, 0.05) is 52.5 Å². The molecule has 172 valence electrons. The monoisotopic (exact) mass is 466 g/mol. The van der Waals surface area contributed by atoms with Crippen LogP contribution in [0, 0.1) is 11.8 Å². The zero-order chi connectivity index (χ0) is 23.1. The topological polar surface area (TPSA) is 75.9 Å². The SMILES string of the molecule is Cc1nc(N(C)C2CCN(C)C2)ccc1NC1=NC=C2C[N+](=O)C3=C(C=C(Cl)CC3)C=C2N1. The Bertz CT molecular complexity index is 1160. The smallest absolute Gasteiger partial charge is 0.240 e. The molecule has 4 aliphatic rings. The van der Waals surface area contributed by atoms with Gasteiger partial charge in [-0.05, 0) is 57.6 Å². The maximum Gasteiger partial charge on any atom is 0.240 e. The maximum absolute atomic E-state index is 12.6. The number of halogens is 1. The number of anilines is 2. The first-order chi connectivity index (χ1) is 15.9. The van der Waals surface area contributed by atoms with Gasteiger partial charge in [-0.3, -0.25) is 0 Å². The molecule has 1 atom stereocenters. The molecular formula is C24H29ClN7O+. The highest BCUT2D eigenvalue weighted by Gasteiger charge is 2.32. The molecule has 2 N–H and O–H groups in total. The van der Waals surface area contributed by atoms with Gasteiger partial charge >= 0.3 is 0 Å². The van der Waals surface area contributed by atoms with Gasteiger partial charge in [0.2, 0.25) is 18.2 Å². The highest BCUT2D eigenvalue weighted by molar-refractivity contribution is 6.29. The number of hydrogen-bond acceptors (Lipinski definition) is 7. The number of aryl methyl sites for hydroxylation is 1. The van der Waals surface area contributed by atoms with Crippen molar-refractivity contribution >= 4 is 29.1 Å². The molecule has 9 heteroatoms. The first kappa shape index (κ1) is 21.9. The fourth-order valence-corrected chi connectivity index (χ4v) is 4.91. The lowest BCUT2D eigenvalue weighted by Crippen LogP contribution is -2.35. The Morgan fingerprint density at radius 3 is 2.91 bits per heavy atom. The molecule has 5 rings (SSSR count). The summed E-state index contributed by atoms with van der Waals surface area (Å²) in [6.45, 7) is 4.44. The van der Waals surface area contributed by atoms with Gasteiger partial charge in [0.05, 0.1) is 22.7 Å². The number of aromatic nitrogens is 1. The van der Waals surface area contributed by atoms with E-state index < -0.39 is 0 Å². The molecule has 0 amide bonds. The van der Waals surface area contributed by atoms with Crippen molar-refractivity contribution in [1.82, 2.24) is 15.2 Å². The predicted molar refractivity (Wildman–Crippen MR) is 132 cm³/mol. The molecule has 0 aromatic carbocycles. The van der Waals surface area contributed by atoms with E-state index in [1.807, 2.05) is 31.2 Å². The van der Waals surface area contributed by atoms with Gasteiger partial charge in [-0.25, -0.2) is 9.98 Å². The number of nitroso groups, excluding NO2 is 1. The molecule has 33 heavy (non-hydrogen) atoms. The van der Waals surface area contributed by atoms with Crippen LogP contribution in [-0.2, 0) is 0 Å². The van der Waals surface area contributed by atoms with Crippen molar-refractivity contribution < 1.29 is 4.76 Å². The summed E-state index contributed by atoms with van der Waals surface area (Å²) in [7, 11) is 4.27. The normalized spacial score (nSPS) is 22.9. The molecular weight excluding hydrogens is 438 g/mol. The van der Waals surface area contributed by atoms with Gasteiger partial charge in [0.25, 0.3) is 0 Å². The standard InChI is InChI=1S/C24H29ClN7O/c1-15-20(5-7-23(27-15)31(3)19-8-9-30(2)14-19)28-24-26-12-17-13-32(33)22-6-4-18(25)10-16(22)11-21(17)29-24/h5,7,10-12,19H,4,6,8-9,13-14H2,1-3H3,(H2,26,28,29)/q+1. The predicted octanol–water partition coefficient (Wildman–Crippen LogP) is 3.63. The molecule has 4 heterocycles. The van der Waals surface area contributed by atoms with Gasteiger partial charge in [-0.1, -0.05) is 11.6 Å². The number of likely N-dealkylation sites (N-methyl/N-ethyl adjacent to an activating group) is 2. The Morgan fingerprint density at radius 2 is 2.15 bits per heavy atom. The largest absolute Gasteiger partial charge is 0.355 e. The van der Waals surface area contributed by atoms with Crippen LogP contribution in [0.4, 0.5) is 11.5 Å². The molecule has 1 aliphatic carbocycles.